The lowest BCUT2D eigenvalue weighted by Gasteiger charge is -2.16. The molecule has 0 aliphatic heterocycles. The number of carbonyl (C=O) groups excluding carboxylic acids is 3. The van der Waals surface area contributed by atoms with Gasteiger partial charge in [0.1, 0.15) is 5.70 Å². The van der Waals surface area contributed by atoms with Crippen LogP contribution >= 0.6 is 23.1 Å². The lowest BCUT2D eigenvalue weighted by atomic mass is 10.2. The Morgan fingerprint density at radius 3 is 2.24 bits per heavy atom. The van der Waals surface area contributed by atoms with Crippen LogP contribution in [0.15, 0.2) is 107 Å². The Balaban J connectivity index is 1.46. The number of carbonyl (C=O) groups is 4. The number of carboxylic acids is 1. The van der Waals surface area contributed by atoms with E-state index in [9.17, 15) is 24.3 Å². The molecule has 1 aromatic heterocycles. The molecule has 4 N–H and O–H groups in total. The highest BCUT2D eigenvalue weighted by molar-refractivity contribution is 8.00. The third kappa shape index (κ3) is 8.41. The van der Waals surface area contributed by atoms with Crippen LogP contribution in [0.3, 0.4) is 0 Å². The Morgan fingerprint density at radius 1 is 0.854 bits per heavy atom. The van der Waals surface area contributed by atoms with E-state index in [0.717, 1.165) is 9.77 Å². The van der Waals surface area contributed by atoms with Crippen LogP contribution in [0.25, 0.3) is 6.08 Å². The molecule has 0 fully saturated rings. The van der Waals surface area contributed by atoms with Crippen molar-refractivity contribution in [1.29, 1.82) is 0 Å². The lowest BCUT2D eigenvalue weighted by Crippen LogP contribution is -2.30. The molecule has 208 valence electrons. The number of hydrogen-bond acceptors (Lipinski definition) is 6. The maximum absolute atomic E-state index is 13.3. The van der Waals surface area contributed by atoms with Crippen molar-refractivity contribution >= 4 is 64.2 Å². The Hall–Kier alpha value is -4.67. The van der Waals surface area contributed by atoms with Crippen LogP contribution in [0.5, 0.6) is 0 Å². The zero-order chi connectivity index (χ0) is 29.2. The normalized spacial score (nSPS) is 11.8. The van der Waals surface area contributed by atoms with Crippen LogP contribution in [0.4, 0.5) is 11.4 Å². The maximum Gasteiger partial charge on any atom is 0.335 e. The topological polar surface area (TPSA) is 125 Å². The summed E-state index contributed by atoms with van der Waals surface area (Å²) in [5.41, 5.74) is 1.50. The van der Waals surface area contributed by atoms with Crippen LogP contribution in [-0.2, 0) is 9.59 Å². The van der Waals surface area contributed by atoms with Gasteiger partial charge in [-0.3, -0.25) is 14.4 Å². The van der Waals surface area contributed by atoms with Gasteiger partial charge in [0.2, 0.25) is 5.91 Å². The number of amides is 3. The number of benzene rings is 3. The van der Waals surface area contributed by atoms with Gasteiger partial charge in [0, 0.05) is 26.7 Å². The molecule has 3 aromatic carbocycles. The molecule has 4 aromatic rings. The van der Waals surface area contributed by atoms with Crippen molar-refractivity contribution in [2.75, 3.05) is 10.6 Å². The highest BCUT2D eigenvalue weighted by atomic mass is 32.2. The van der Waals surface area contributed by atoms with Crippen molar-refractivity contribution < 1.29 is 24.3 Å². The first-order chi connectivity index (χ1) is 19.8. The quantitative estimate of drug-likeness (QED) is 0.120. The molecule has 0 saturated carbocycles. The molecular weight excluding hydrogens is 558 g/mol. The highest BCUT2D eigenvalue weighted by Gasteiger charge is 2.20. The molecule has 41 heavy (non-hydrogen) atoms. The zero-order valence-corrected chi connectivity index (χ0v) is 23.6. The van der Waals surface area contributed by atoms with Crippen molar-refractivity contribution in [2.24, 2.45) is 0 Å². The monoisotopic (exact) mass is 585 g/mol. The maximum atomic E-state index is 13.3. The van der Waals surface area contributed by atoms with Crippen molar-refractivity contribution in [3.05, 3.63) is 118 Å². The summed E-state index contributed by atoms with van der Waals surface area (Å²) in [6, 6.07) is 25.5. The van der Waals surface area contributed by atoms with Gasteiger partial charge >= 0.3 is 5.97 Å². The summed E-state index contributed by atoms with van der Waals surface area (Å²) >= 11 is 2.76. The van der Waals surface area contributed by atoms with Gasteiger partial charge < -0.3 is 21.1 Å². The number of nitrogens with one attached hydrogen (secondary N) is 3. The van der Waals surface area contributed by atoms with Gasteiger partial charge in [-0.15, -0.1) is 23.1 Å². The fourth-order valence-electron chi connectivity index (χ4n) is 3.74. The Labute approximate surface area is 245 Å². The molecule has 8 nitrogen and oxygen atoms in total. The molecule has 1 heterocycles. The van der Waals surface area contributed by atoms with Crippen LogP contribution in [0, 0.1) is 0 Å². The number of hydrogen-bond donors (Lipinski definition) is 4. The minimum absolute atomic E-state index is 0.0828. The molecule has 0 radical (unpaired) electrons. The predicted molar refractivity (Wildman–Crippen MR) is 163 cm³/mol. The van der Waals surface area contributed by atoms with Gasteiger partial charge in [0.05, 0.1) is 10.8 Å². The molecule has 3 amide bonds. The number of rotatable bonds is 11. The SMILES string of the molecule is CCC(Sc1cccc(NC(=O)/C(=C/c2cccs2)NC(=O)c2ccccc2)c1)C(=O)Nc1cccc(C(=O)O)c1. The van der Waals surface area contributed by atoms with E-state index in [1.54, 1.807) is 66.7 Å². The largest absolute Gasteiger partial charge is 0.478 e. The molecule has 1 atom stereocenters. The molecule has 0 spiro atoms. The lowest BCUT2D eigenvalue weighted by molar-refractivity contribution is -0.116. The van der Waals surface area contributed by atoms with Crippen molar-refractivity contribution in [3.8, 4) is 0 Å². The number of thioether (sulfide) groups is 1. The van der Waals surface area contributed by atoms with Gasteiger partial charge in [0.15, 0.2) is 0 Å². The summed E-state index contributed by atoms with van der Waals surface area (Å²) < 4.78 is 0. The van der Waals surface area contributed by atoms with Crippen LogP contribution in [-0.4, -0.2) is 34.0 Å². The summed E-state index contributed by atoms with van der Waals surface area (Å²) in [5, 5.41) is 19.0. The molecule has 0 aliphatic rings. The fourth-order valence-corrected chi connectivity index (χ4v) is 5.41. The van der Waals surface area contributed by atoms with Gasteiger partial charge in [-0.25, -0.2) is 4.79 Å². The average molecular weight is 586 g/mol. The highest BCUT2D eigenvalue weighted by Crippen LogP contribution is 2.29. The van der Waals surface area contributed by atoms with E-state index < -0.39 is 23.0 Å². The summed E-state index contributed by atoms with van der Waals surface area (Å²) in [4.78, 5) is 51.8. The van der Waals surface area contributed by atoms with E-state index >= 15 is 0 Å². The molecule has 0 aliphatic carbocycles. The minimum Gasteiger partial charge on any atom is -0.478 e. The molecular formula is C31H27N3O5S2. The van der Waals surface area contributed by atoms with Crippen molar-refractivity contribution in [1.82, 2.24) is 5.32 Å². The average Bonchev–Trinajstić information content (AvgIpc) is 3.49. The number of thiophene rings is 1. The first-order valence-corrected chi connectivity index (χ1v) is 14.4. The zero-order valence-electron chi connectivity index (χ0n) is 22.0. The first-order valence-electron chi connectivity index (χ1n) is 12.7. The number of anilines is 2. The smallest absolute Gasteiger partial charge is 0.335 e. The number of carboxylic acid groups (broad SMARTS) is 1. The van der Waals surface area contributed by atoms with Gasteiger partial charge in [0.25, 0.3) is 11.8 Å². The Kier molecular flexibility index (Phi) is 10.1. The Morgan fingerprint density at radius 2 is 1.56 bits per heavy atom. The third-order valence-electron chi connectivity index (χ3n) is 5.77. The second kappa shape index (κ2) is 14.1. The summed E-state index contributed by atoms with van der Waals surface area (Å²) in [6.45, 7) is 1.88. The van der Waals surface area contributed by atoms with E-state index in [1.165, 1.54) is 35.2 Å². The molecule has 1 unspecified atom stereocenters. The van der Waals surface area contributed by atoms with Crippen LogP contribution in [0.1, 0.15) is 38.9 Å². The summed E-state index contributed by atoms with van der Waals surface area (Å²) in [5.74, 6) is -2.24. The van der Waals surface area contributed by atoms with Gasteiger partial charge in [-0.1, -0.05) is 43.3 Å². The van der Waals surface area contributed by atoms with Crippen LogP contribution in [0.2, 0.25) is 0 Å². The second-order valence-electron chi connectivity index (χ2n) is 8.77. The minimum atomic E-state index is -1.07. The number of aromatic carboxylic acids is 1. The predicted octanol–water partition coefficient (Wildman–Crippen LogP) is 6.37. The van der Waals surface area contributed by atoms with E-state index in [1.807, 2.05) is 30.5 Å². The summed E-state index contributed by atoms with van der Waals surface area (Å²) in [6.07, 6.45) is 2.14. The first kappa shape index (κ1) is 29.3. The second-order valence-corrected chi connectivity index (χ2v) is 11.0. The summed E-state index contributed by atoms with van der Waals surface area (Å²) in [7, 11) is 0. The van der Waals surface area contributed by atoms with Gasteiger partial charge in [-0.2, -0.15) is 0 Å². The molecule has 0 saturated heterocycles. The van der Waals surface area contributed by atoms with Crippen molar-refractivity contribution in [3.63, 3.8) is 0 Å². The Bertz CT molecular complexity index is 1570. The molecule has 0 bridgehead atoms. The van der Waals surface area contributed by atoms with Gasteiger partial charge in [-0.05, 0) is 72.5 Å². The molecule has 4 rings (SSSR count). The van der Waals surface area contributed by atoms with E-state index in [0.29, 0.717) is 23.4 Å². The van der Waals surface area contributed by atoms with E-state index in [4.69, 9.17) is 0 Å². The fraction of sp³-hybridized carbons (Fsp3) is 0.0968. The standard InChI is InChI=1S/C31H27N3O5S2/c1-2-27(30(37)33-22-12-6-11-21(17-22)31(38)39)41-25-14-7-13-23(18-25)32-29(36)26(19-24-15-8-16-40-24)34-28(35)20-9-4-3-5-10-20/h3-19,27H,2H2,1H3,(H,32,36)(H,33,37)(H,34,35)(H,38,39)/b26-19-. The van der Waals surface area contributed by atoms with Crippen molar-refractivity contribution in [2.45, 2.75) is 23.5 Å². The van der Waals surface area contributed by atoms with E-state index in [-0.39, 0.29) is 17.2 Å². The van der Waals surface area contributed by atoms with Crippen LogP contribution < -0.4 is 16.0 Å². The van der Waals surface area contributed by atoms with E-state index in [2.05, 4.69) is 16.0 Å². The molecule has 10 heteroatoms. The third-order valence-corrected chi connectivity index (χ3v) is 7.95.